The Bertz CT molecular complexity index is 1000. The van der Waals surface area contributed by atoms with Gasteiger partial charge in [-0.25, -0.2) is 9.69 Å². The van der Waals surface area contributed by atoms with E-state index in [1.807, 2.05) is 0 Å². The van der Waals surface area contributed by atoms with Crippen LogP contribution in [-0.4, -0.2) is 42.8 Å². The average Bonchev–Trinajstić information content (AvgIpc) is 3.09. The van der Waals surface area contributed by atoms with Gasteiger partial charge in [0.1, 0.15) is 0 Å². The fourth-order valence-corrected chi connectivity index (χ4v) is 3.49. The first-order chi connectivity index (χ1) is 15.3. The van der Waals surface area contributed by atoms with Crippen LogP contribution in [0.4, 0.5) is 5.69 Å². The summed E-state index contributed by atoms with van der Waals surface area (Å²) in [5.41, 5.74) is 1.07. The fraction of sp³-hybridized carbons (Fsp3) is 0.333. The van der Waals surface area contributed by atoms with Crippen LogP contribution in [0.15, 0.2) is 53.0 Å². The summed E-state index contributed by atoms with van der Waals surface area (Å²) in [4.78, 5) is 50.7. The van der Waals surface area contributed by atoms with Crippen LogP contribution >= 0.6 is 15.9 Å². The lowest BCUT2D eigenvalue weighted by molar-refractivity contribution is -0.121. The highest BCUT2D eigenvalue weighted by Gasteiger charge is 2.39. The second-order valence-corrected chi connectivity index (χ2v) is 8.71. The van der Waals surface area contributed by atoms with Crippen molar-refractivity contribution < 1.29 is 23.9 Å². The maximum absolute atomic E-state index is 12.7. The quantitative estimate of drug-likeness (QED) is 0.320. The molecular formula is C24H25BrN2O5. The smallest absolute Gasteiger partial charge is 0.338 e. The van der Waals surface area contributed by atoms with Gasteiger partial charge in [0.25, 0.3) is 5.91 Å². The van der Waals surface area contributed by atoms with E-state index in [1.54, 1.807) is 24.3 Å². The van der Waals surface area contributed by atoms with E-state index in [4.69, 9.17) is 4.74 Å². The first-order valence-electron chi connectivity index (χ1n) is 10.5. The van der Waals surface area contributed by atoms with Crippen LogP contribution in [0.5, 0.6) is 0 Å². The van der Waals surface area contributed by atoms with Gasteiger partial charge in [0, 0.05) is 10.0 Å². The van der Waals surface area contributed by atoms with Crippen LogP contribution in [0.25, 0.3) is 0 Å². The van der Waals surface area contributed by atoms with E-state index in [2.05, 4.69) is 35.1 Å². The maximum atomic E-state index is 12.7. The second kappa shape index (κ2) is 10.7. The monoisotopic (exact) mass is 500 g/mol. The molecule has 2 amide bonds. The van der Waals surface area contributed by atoms with Crippen molar-refractivity contribution >= 4 is 45.2 Å². The van der Waals surface area contributed by atoms with Crippen molar-refractivity contribution in [3.05, 3.63) is 64.1 Å². The normalized spacial score (nSPS) is 16.8. The topological polar surface area (TPSA) is 92.8 Å². The van der Waals surface area contributed by atoms with Crippen LogP contribution in [0, 0.1) is 5.92 Å². The van der Waals surface area contributed by atoms with Crippen molar-refractivity contribution in [3.63, 3.8) is 0 Å². The molecule has 2 aromatic rings. The Labute approximate surface area is 195 Å². The molecular weight excluding hydrogens is 476 g/mol. The van der Waals surface area contributed by atoms with Crippen LogP contribution in [0.3, 0.4) is 0 Å². The number of ketones is 1. The van der Waals surface area contributed by atoms with E-state index in [9.17, 15) is 19.2 Å². The van der Waals surface area contributed by atoms with E-state index in [-0.39, 0.29) is 36.2 Å². The summed E-state index contributed by atoms with van der Waals surface area (Å²) in [6, 6.07) is 12.2. The number of carbonyl (C=O) groups is 4. The molecule has 0 radical (unpaired) electrons. The molecule has 168 valence electrons. The number of imide groups is 1. The van der Waals surface area contributed by atoms with Crippen LogP contribution in [0.2, 0.25) is 0 Å². The van der Waals surface area contributed by atoms with Gasteiger partial charge in [-0.2, -0.15) is 0 Å². The highest BCUT2D eigenvalue weighted by molar-refractivity contribution is 9.10. The lowest BCUT2D eigenvalue weighted by atomic mass is 10.1. The minimum absolute atomic E-state index is 0.108. The summed E-state index contributed by atoms with van der Waals surface area (Å²) >= 11 is 3.30. The van der Waals surface area contributed by atoms with Gasteiger partial charge in [-0.15, -0.1) is 0 Å². The van der Waals surface area contributed by atoms with Gasteiger partial charge in [0.05, 0.1) is 23.7 Å². The summed E-state index contributed by atoms with van der Waals surface area (Å²) in [6.07, 6.45) is 1.09. The molecule has 1 N–H and O–H groups in total. The van der Waals surface area contributed by atoms with E-state index >= 15 is 0 Å². The fourth-order valence-electron chi connectivity index (χ4n) is 3.23. The predicted molar refractivity (Wildman–Crippen MR) is 124 cm³/mol. The van der Waals surface area contributed by atoms with Gasteiger partial charge < -0.3 is 10.1 Å². The molecule has 1 heterocycles. The third kappa shape index (κ3) is 5.69. The number of benzene rings is 2. The number of amides is 2. The molecule has 0 saturated carbocycles. The Hall–Kier alpha value is -2.84. The number of nitrogens with one attached hydrogen (secondary N) is 1. The molecule has 0 aliphatic carbocycles. The predicted octanol–water partition coefficient (Wildman–Crippen LogP) is 3.76. The molecule has 1 aliphatic heterocycles. The Kier molecular flexibility index (Phi) is 7.93. The van der Waals surface area contributed by atoms with Crippen molar-refractivity contribution in [2.45, 2.75) is 32.7 Å². The first kappa shape index (κ1) is 23.8. The van der Waals surface area contributed by atoms with Crippen molar-refractivity contribution in [1.82, 2.24) is 5.32 Å². The Balaban J connectivity index is 1.58. The van der Waals surface area contributed by atoms with Gasteiger partial charge in [0.2, 0.25) is 5.91 Å². The molecule has 2 aromatic carbocycles. The molecule has 1 fully saturated rings. The standard InChI is InChI=1S/C24H25BrN2O5/c1-3-15(2)13-26-20-12-22(29)27(23(20)30)19-10-6-17(7-11-19)24(31)32-14-21(28)16-4-8-18(25)9-5-16/h4-11,15,20,26H,3,12-14H2,1-2H3. The number of hydrogen-bond donors (Lipinski definition) is 1. The van der Waals surface area contributed by atoms with Gasteiger partial charge in [-0.05, 0) is 48.9 Å². The summed E-state index contributed by atoms with van der Waals surface area (Å²) in [6.45, 7) is 4.44. The molecule has 1 aliphatic rings. The van der Waals surface area contributed by atoms with Gasteiger partial charge in [-0.1, -0.05) is 48.3 Å². The Morgan fingerprint density at radius 1 is 1.09 bits per heavy atom. The molecule has 8 heteroatoms. The van der Waals surface area contributed by atoms with Gasteiger partial charge in [-0.3, -0.25) is 14.4 Å². The molecule has 2 atom stereocenters. The van der Waals surface area contributed by atoms with Crippen LogP contribution in [0.1, 0.15) is 47.4 Å². The zero-order chi connectivity index (χ0) is 23.3. The van der Waals surface area contributed by atoms with Crippen molar-refractivity contribution in [1.29, 1.82) is 0 Å². The van der Waals surface area contributed by atoms with Gasteiger partial charge in [0.15, 0.2) is 12.4 Å². The third-order valence-electron chi connectivity index (χ3n) is 5.42. The van der Waals surface area contributed by atoms with E-state index in [0.717, 1.165) is 15.8 Å². The van der Waals surface area contributed by atoms with Gasteiger partial charge >= 0.3 is 5.97 Å². The van der Waals surface area contributed by atoms with Crippen molar-refractivity contribution in [2.24, 2.45) is 5.92 Å². The molecule has 0 bridgehead atoms. The minimum Gasteiger partial charge on any atom is -0.454 e. The van der Waals surface area contributed by atoms with Crippen molar-refractivity contribution in [3.8, 4) is 0 Å². The molecule has 32 heavy (non-hydrogen) atoms. The van der Waals surface area contributed by atoms with Crippen LogP contribution in [-0.2, 0) is 14.3 Å². The summed E-state index contributed by atoms with van der Waals surface area (Å²) in [7, 11) is 0. The minimum atomic E-state index is -0.658. The summed E-state index contributed by atoms with van der Waals surface area (Å²) in [5.74, 6) is -1.14. The summed E-state index contributed by atoms with van der Waals surface area (Å²) < 4.78 is 5.95. The molecule has 7 nitrogen and oxygen atoms in total. The molecule has 2 unspecified atom stereocenters. The molecule has 0 aromatic heterocycles. The second-order valence-electron chi connectivity index (χ2n) is 7.80. The number of rotatable bonds is 9. The number of halogens is 1. The highest BCUT2D eigenvalue weighted by Crippen LogP contribution is 2.24. The zero-order valence-corrected chi connectivity index (χ0v) is 19.6. The number of anilines is 1. The summed E-state index contributed by atoms with van der Waals surface area (Å²) in [5, 5.41) is 3.16. The van der Waals surface area contributed by atoms with E-state index < -0.39 is 12.0 Å². The number of Topliss-reactive ketones (excluding diaryl/α,β-unsaturated/α-hetero) is 1. The Morgan fingerprint density at radius 3 is 2.34 bits per heavy atom. The zero-order valence-electron chi connectivity index (χ0n) is 18.0. The van der Waals surface area contributed by atoms with E-state index in [0.29, 0.717) is 23.7 Å². The number of carbonyl (C=O) groups excluding carboxylic acids is 4. The lowest BCUT2D eigenvalue weighted by Crippen LogP contribution is -2.40. The largest absolute Gasteiger partial charge is 0.454 e. The number of esters is 1. The highest BCUT2D eigenvalue weighted by atomic mass is 79.9. The number of ether oxygens (including phenoxy) is 1. The Morgan fingerprint density at radius 2 is 1.72 bits per heavy atom. The first-order valence-corrected chi connectivity index (χ1v) is 11.3. The molecule has 3 rings (SSSR count). The maximum Gasteiger partial charge on any atom is 0.338 e. The van der Waals surface area contributed by atoms with Crippen molar-refractivity contribution in [2.75, 3.05) is 18.1 Å². The third-order valence-corrected chi connectivity index (χ3v) is 5.95. The average molecular weight is 501 g/mol. The lowest BCUT2D eigenvalue weighted by Gasteiger charge is -2.17. The van der Waals surface area contributed by atoms with Crippen LogP contribution < -0.4 is 10.2 Å². The SMILES string of the molecule is CCC(C)CNC1CC(=O)N(c2ccc(C(=O)OCC(=O)c3ccc(Br)cc3)cc2)C1=O. The molecule has 1 saturated heterocycles. The van der Waals surface area contributed by atoms with E-state index in [1.165, 1.54) is 24.3 Å². The number of hydrogen-bond acceptors (Lipinski definition) is 6. The molecule has 0 spiro atoms. The number of nitrogens with zero attached hydrogens (tertiary/aromatic N) is 1.